The summed E-state index contributed by atoms with van der Waals surface area (Å²) in [5.74, 6) is -1.36. The van der Waals surface area contributed by atoms with Gasteiger partial charge in [0.2, 0.25) is 11.8 Å². The van der Waals surface area contributed by atoms with Crippen LogP contribution in [0.3, 0.4) is 0 Å². The summed E-state index contributed by atoms with van der Waals surface area (Å²) in [7, 11) is 0. The summed E-state index contributed by atoms with van der Waals surface area (Å²) in [4.78, 5) is 24.7. The molecule has 0 radical (unpaired) electrons. The number of carbonyl (C=O) groups is 2. The third kappa shape index (κ3) is 5.38. The number of halogens is 2. The Morgan fingerprint density at radius 1 is 0.750 bits per heavy atom. The molecule has 0 saturated heterocycles. The highest BCUT2D eigenvalue weighted by molar-refractivity contribution is 5.80. The van der Waals surface area contributed by atoms with Crippen LogP contribution >= 0.6 is 0 Å². The van der Waals surface area contributed by atoms with Gasteiger partial charge in [-0.3, -0.25) is 9.59 Å². The lowest BCUT2D eigenvalue weighted by molar-refractivity contribution is -0.124. The third-order valence-electron chi connectivity index (χ3n) is 5.08. The zero-order valence-electron chi connectivity index (χ0n) is 15.6. The van der Waals surface area contributed by atoms with Crippen LogP contribution in [0.4, 0.5) is 8.78 Å². The van der Waals surface area contributed by atoms with Crippen LogP contribution in [0.5, 0.6) is 0 Å². The quantitative estimate of drug-likeness (QED) is 0.800. The van der Waals surface area contributed by atoms with Gasteiger partial charge in [0, 0.05) is 12.1 Å². The van der Waals surface area contributed by atoms with E-state index in [0.717, 1.165) is 25.7 Å². The number of nitrogens with one attached hydrogen (secondary N) is 2. The molecule has 3 rings (SSSR count). The number of rotatable bonds is 6. The lowest BCUT2D eigenvalue weighted by Crippen LogP contribution is -2.53. The van der Waals surface area contributed by atoms with Crippen LogP contribution in [-0.2, 0) is 22.4 Å². The SMILES string of the molecule is O=C(Cc1ccccc1F)N[C@H]1CCCC[C@@H]1NC(=O)Cc1ccccc1F. The molecule has 0 heterocycles. The van der Waals surface area contributed by atoms with Crippen molar-refractivity contribution in [2.75, 3.05) is 0 Å². The summed E-state index contributed by atoms with van der Waals surface area (Å²) in [6.45, 7) is 0. The minimum atomic E-state index is -0.406. The van der Waals surface area contributed by atoms with E-state index in [0.29, 0.717) is 11.1 Å². The molecule has 1 aliphatic rings. The van der Waals surface area contributed by atoms with Crippen molar-refractivity contribution in [3.05, 3.63) is 71.3 Å². The largest absolute Gasteiger partial charge is 0.351 e. The predicted molar refractivity (Wildman–Crippen MR) is 103 cm³/mol. The number of carbonyl (C=O) groups excluding carboxylic acids is 2. The Labute approximate surface area is 163 Å². The van der Waals surface area contributed by atoms with Gasteiger partial charge in [-0.25, -0.2) is 8.78 Å². The Morgan fingerprint density at radius 2 is 1.14 bits per heavy atom. The van der Waals surface area contributed by atoms with Crippen LogP contribution in [0.15, 0.2) is 48.5 Å². The number of hydrogen-bond donors (Lipinski definition) is 2. The van der Waals surface area contributed by atoms with Gasteiger partial charge in [0.05, 0.1) is 12.8 Å². The van der Waals surface area contributed by atoms with E-state index in [9.17, 15) is 18.4 Å². The molecule has 2 N–H and O–H groups in total. The average Bonchev–Trinajstić information content (AvgIpc) is 2.67. The Hall–Kier alpha value is -2.76. The van der Waals surface area contributed by atoms with Crippen molar-refractivity contribution < 1.29 is 18.4 Å². The fourth-order valence-corrected chi connectivity index (χ4v) is 3.62. The highest BCUT2D eigenvalue weighted by Crippen LogP contribution is 2.19. The molecule has 28 heavy (non-hydrogen) atoms. The molecular formula is C22H24F2N2O2. The molecule has 1 fully saturated rings. The van der Waals surface area contributed by atoms with Gasteiger partial charge in [-0.2, -0.15) is 0 Å². The second kappa shape index (κ2) is 9.44. The molecule has 0 unspecified atom stereocenters. The van der Waals surface area contributed by atoms with Crippen LogP contribution in [0.2, 0.25) is 0 Å². The maximum absolute atomic E-state index is 13.7. The highest BCUT2D eigenvalue weighted by Gasteiger charge is 2.28. The Morgan fingerprint density at radius 3 is 1.54 bits per heavy atom. The van der Waals surface area contributed by atoms with Crippen molar-refractivity contribution >= 4 is 11.8 Å². The van der Waals surface area contributed by atoms with E-state index in [1.165, 1.54) is 12.1 Å². The first-order valence-corrected chi connectivity index (χ1v) is 9.58. The van der Waals surface area contributed by atoms with Crippen LogP contribution in [0.25, 0.3) is 0 Å². The monoisotopic (exact) mass is 386 g/mol. The molecule has 4 nitrogen and oxygen atoms in total. The minimum Gasteiger partial charge on any atom is -0.351 e. The Kier molecular flexibility index (Phi) is 6.74. The van der Waals surface area contributed by atoms with Gasteiger partial charge in [-0.05, 0) is 36.1 Å². The molecule has 0 bridgehead atoms. The van der Waals surface area contributed by atoms with Crippen LogP contribution in [0, 0.1) is 11.6 Å². The summed E-state index contributed by atoms with van der Waals surface area (Å²) in [5, 5.41) is 5.86. The van der Waals surface area contributed by atoms with Gasteiger partial charge in [-0.15, -0.1) is 0 Å². The second-order valence-corrected chi connectivity index (χ2v) is 7.17. The normalized spacial score (nSPS) is 19.1. The van der Waals surface area contributed by atoms with Crippen molar-refractivity contribution in [1.82, 2.24) is 10.6 Å². The van der Waals surface area contributed by atoms with Crippen molar-refractivity contribution in [3.8, 4) is 0 Å². The van der Waals surface area contributed by atoms with E-state index in [1.54, 1.807) is 36.4 Å². The Bertz CT molecular complexity index is 771. The van der Waals surface area contributed by atoms with Crippen molar-refractivity contribution in [2.24, 2.45) is 0 Å². The van der Waals surface area contributed by atoms with Gasteiger partial charge in [-0.1, -0.05) is 49.2 Å². The zero-order valence-corrected chi connectivity index (χ0v) is 15.6. The van der Waals surface area contributed by atoms with Crippen LogP contribution in [-0.4, -0.2) is 23.9 Å². The Balaban J connectivity index is 1.57. The molecule has 2 aromatic rings. The van der Waals surface area contributed by atoms with Crippen LogP contribution in [0.1, 0.15) is 36.8 Å². The molecule has 6 heteroatoms. The van der Waals surface area contributed by atoms with E-state index in [-0.39, 0.29) is 36.7 Å². The predicted octanol–water partition coefficient (Wildman–Crippen LogP) is 3.29. The summed E-state index contributed by atoms with van der Waals surface area (Å²) >= 11 is 0. The topological polar surface area (TPSA) is 58.2 Å². The van der Waals surface area contributed by atoms with Gasteiger partial charge < -0.3 is 10.6 Å². The molecule has 0 aromatic heterocycles. The number of hydrogen-bond acceptors (Lipinski definition) is 2. The summed E-state index contributed by atoms with van der Waals surface area (Å²) in [6.07, 6.45) is 3.30. The molecule has 0 spiro atoms. The van der Waals surface area contributed by atoms with Gasteiger partial charge in [0.15, 0.2) is 0 Å². The molecular weight excluding hydrogens is 362 g/mol. The van der Waals surface area contributed by atoms with Crippen molar-refractivity contribution in [1.29, 1.82) is 0 Å². The molecule has 2 aromatic carbocycles. The summed E-state index contributed by atoms with van der Waals surface area (Å²) in [5.41, 5.74) is 0.687. The zero-order chi connectivity index (χ0) is 19.9. The van der Waals surface area contributed by atoms with Crippen molar-refractivity contribution in [2.45, 2.75) is 50.6 Å². The lowest BCUT2D eigenvalue weighted by Gasteiger charge is -2.33. The van der Waals surface area contributed by atoms with Crippen LogP contribution < -0.4 is 10.6 Å². The third-order valence-corrected chi connectivity index (χ3v) is 5.08. The standard InChI is InChI=1S/C22H24F2N2O2/c23-17-9-3-1-7-15(17)13-21(27)25-19-11-5-6-12-20(19)26-22(28)14-16-8-2-4-10-18(16)24/h1-4,7-10,19-20H,5-6,11-14H2,(H,25,27)(H,26,28)/t19-,20-/m0/s1. The van der Waals surface area contributed by atoms with E-state index < -0.39 is 11.6 Å². The molecule has 0 aliphatic heterocycles. The minimum absolute atomic E-state index is 0.0426. The fourth-order valence-electron chi connectivity index (χ4n) is 3.62. The van der Waals surface area contributed by atoms with E-state index in [1.807, 2.05) is 0 Å². The molecule has 2 atom stereocenters. The van der Waals surface area contributed by atoms with E-state index in [4.69, 9.17) is 0 Å². The first kappa shape index (κ1) is 20.0. The lowest BCUT2D eigenvalue weighted by atomic mass is 9.89. The van der Waals surface area contributed by atoms with Gasteiger partial charge in [0.25, 0.3) is 0 Å². The molecule has 2 amide bonds. The first-order chi connectivity index (χ1) is 13.5. The molecule has 148 valence electrons. The van der Waals surface area contributed by atoms with E-state index >= 15 is 0 Å². The van der Waals surface area contributed by atoms with Crippen molar-refractivity contribution in [3.63, 3.8) is 0 Å². The highest BCUT2D eigenvalue weighted by atomic mass is 19.1. The fraction of sp³-hybridized carbons (Fsp3) is 0.364. The smallest absolute Gasteiger partial charge is 0.224 e. The number of benzene rings is 2. The van der Waals surface area contributed by atoms with Gasteiger partial charge in [0.1, 0.15) is 11.6 Å². The first-order valence-electron chi connectivity index (χ1n) is 9.58. The van der Waals surface area contributed by atoms with E-state index in [2.05, 4.69) is 10.6 Å². The maximum Gasteiger partial charge on any atom is 0.224 e. The molecule has 1 aliphatic carbocycles. The summed E-state index contributed by atoms with van der Waals surface area (Å²) in [6, 6.07) is 12.0. The summed E-state index contributed by atoms with van der Waals surface area (Å²) < 4.78 is 27.5. The average molecular weight is 386 g/mol. The second-order valence-electron chi connectivity index (χ2n) is 7.17. The maximum atomic E-state index is 13.7. The molecule has 1 saturated carbocycles. The number of amides is 2. The van der Waals surface area contributed by atoms with Gasteiger partial charge >= 0.3 is 0 Å².